The topological polar surface area (TPSA) is 95.9 Å². The number of benzene rings is 1. The van der Waals surface area contributed by atoms with Crippen molar-refractivity contribution < 1.29 is 9.79 Å². The van der Waals surface area contributed by atoms with Gasteiger partial charge in [0.05, 0.1) is 0 Å². The minimum atomic E-state index is -3.46. The van der Waals surface area contributed by atoms with Crippen LogP contribution in [0.3, 0.4) is 0 Å². The van der Waals surface area contributed by atoms with Crippen molar-refractivity contribution in [3.63, 3.8) is 0 Å². The summed E-state index contributed by atoms with van der Waals surface area (Å²) in [5, 5.41) is 3.15. The van der Waals surface area contributed by atoms with Crippen molar-refractivity contribution in [2.75, 3.05) is 6.16 Å². The summed E-state index contributed by atoms with van der Waals surface area (Å²) in [4.78, 5) is 29.5. The Bertz CT molecular complexity index is 490. The van der Waals surface area contributed by atoms with Crippen LogP contribution in [0.5, 0.6) is 0 Å². The van der Waals surface area contributed by atoms with E-state index in [1.54, 1.807) is 0 Å². The molecule has 0 unspecified atom stereocenters. The van der Waals surface area contributed by atoms with E-state index in [1.165, 1.54) is 0 Å². The molecule has 0 aliphatic carbocycles. The molecule has 0 amide bonds. The second-order valence-corrected chi connectivity index (χ2v) is 8.64. The van der Waals surface area contributed by atoms with Crippen LogP contribution in [0, 0.1) is 11.8 Å². The first-order chi connectivity index (χ1) is 9.04. The van der Waals surface area contributed by atoms with Crippen LogP contribution in [0.15, 0.2) is 17.3 Å². The third-order valence-electron chi connectivity index (χ3n) is 3.27. The van der Waals surface area contributed by atoms with Gasteiger partial charge in [0.15, 0.2) is 0 Å². The number of nitrogens with zero attached hydrogens (tertiary/aromatic N) is 1. The molecule has 0 atom stereocenters. The van der Waals surface area contributed by atoms with Crippen molar-refractivity contribution in [2.24, 2.45) is 10.7 Å². The zero-order chi connectivity index (χ0) is 15.6. The Morgan fingerprint density at radius 3 is 2.35 bits per heavy atom. The van der Waals surface area contributed by atoms with Gasteiger partial charge in [0.2, 0.25) is 0 Å². The van der Waals surface area contributed by atoms with Gasteiger partial charge >= 0.3 is 120 Å². The molecule has 6 heteroatoms. The van der Waals surface area contributed by atoms with Crippen molar-refractivity contribution >= 4 is 13.6 Å². The van der Waals surface area contributed by atoms with Crippen LogP contribution in [0.4, 0.5) is 5.69 Å². The van der Waals surface area contributed by atoms with Gasteiger partial charge in [0, 0.05) is 0 Å². The number of hydrogen-bond acceptors (Lipinski definition) is 5. The van der Waals surface area contributed by atoms with Crippen LogP contribution in [0.1, 0.15) is 43.9 Å². The molecule has 20 heavy (non-hydrogen) atoms. The summed E-state index contributed by atoms with van der Waals surface area (Å²) >= 11 is 0. The van der Waals surface area contributed by atoms with Crippen LogP contribution < -0.4 is 5.50 Å². The Hall–Kier alpha value is -0.870. The Kier molecular flexibility index (Phi) is 5.39. The summed E-state index contributed by atoms with van der Waals surface area (Å²) in [5.41, 5.74) is 8.46. The zero-order valence-corrected chi connectivity index (χ0v) is 13.6. The minimum absolute atomic E-state index is 0.162. The molecular weight excluding hydrogens is 275 g/mol. The first kappa shape index (κ1) is 17.2. The number of aryl methyl sites for hydroxylation is 2. The molecule has 1 aromatic carbocycles. The molecule has 5 nitrogen and oxygen atoms in total. The van der Waals surface area contributed by atoms with E-state index in [1.807, 2.05) is 39.8 Å². The van der Waals surface area contributed by atoms with E-state index in [9.17, 15) is 14.7 Å². The molecular formula is C14H25N2O3P. The molecule has 0 bridgehead atoms. The Morgan fingerprint density at radius 1 is 1.30 bits per heavy atom. The van der Waals surface area contributed by atoms with E-state index in [0.717, 1.165) is 16.7 Å². The van der Waals surface area contributed by atoms with Crippen LogP contribution >= 0.6 is 7.87 Å². The van der Waals surface area contributed by atoms with Crippen LogP contribution in [0.2, 0.25) is 0 Å². The Balaban J connectivity index is 3.00. The molecule has 0 saturated heterocycles. The standard InChI is InChI=1S/C14H25N2O3P/c1-10-8-11(6-5-7-20(15,18)19)9-12(13(10)16-17)14(2,3)4/h8-9,18-20H,5-7,15H2,1-4H3. The van der Waals surface area contributed by atoms with Gasteiger partial charge in [-0.25, -0.2) is 0 Å². The summed E-state index contributed by atoms with van der Waals surface area (Å²) in [7, 11) is -3.46. The third kappa shape index (κ3) is 4.91. The molecule has 0 radical (unpaired) electrons. The Labute approximate surface area is 120 Å². The summed E-state index contributed by atoms with van der Waals surface area (Å²) in [6.45, 7) is 7.99. The van der Waals surface area contributed by atoms with Crippen molar-refractivity contribution in [1.29, 1.82) is 0 Å². The maximum absolute atomic E-state index is 11.0. The molecule has 0 aromatic heterocycles. The van der Waals surface area contributed by atoms with Gasteiger partial charge in [-0.1, -0.05) is 0 Å². The summed E-state index contributed by atoms with van der Waals surface area (Å²) in [5.74, 6) is 0. The SMILES string of the molecule is Cc1cc(CCC[PH](N)(O)O)cc(C(C)(C)C)c1N=O. The number of nitrogens with two attached hydrogens (primary N) is 1. The molecule has 0 saturated carbocycles. The maximum atomic E-state index is 11.0. The van der Waals surface area contributed by atoms with E-state index in [2.05, 4.69) is 5.18 Å². The van der Waals surface area contributed by atoms with Gasteiger partial charge in [-0.05, 0) is 0 Å². The van der Waals surface area contributed by atoms with Crippen LogP contribution in [-0.2, 0) is 11.8 Å². The second-order valence-electron chi connectivity index (χ2n) is 6.38. The molecule has 0 fully saturated rings. The predicted octanol–water partition coefficient (Wildman–Crippen LogP) is 3.06. The fourth-order valence-corrected chi connectivity index (χ4v) is 2.94. The van der Waals surface area contributed by atoms with Crippen molar-refractivity contribution in [3.8, 4) is 0 Å². The monoisotopic (exact) mass is 300 g/mol. The normalized spacial score (nSPS) is 13.3. The molecule has 4 N–H and O–H groups in total. The molecule has 0 aliphatic rings. The first-order valence-electron chi connectivity index (χ1n) is 6.75. The van der Waals surface area contributed by atoms with Crippen molar-refractivity contribution in [3.05, 3.63) is 33.7 Å². The van der Waals surface area contributed by atoms with E-state index < -0.39 is 7.87 Å². The average molecular weight is 300 g/mol. The van der Waals surface area contributed by atoms with E-state index in [-0.39, 0.29) is 11.6 Å². The molecule has 1 rings (SSSR count). The van der Waals surface area contributed by atoms with Crippen molar-refractivity contribution in [1.82, 2.24) is 0 Å². The molecule has 0 heterocycles. The Morgan fingerprint density at radius 2 is 1.90 bits per heavy atom. The fourth-order valence-electron chi connectivity index (χ4n) is 2.24. The predicted molar refractivity (Wildman–Crippen MR) is 85.5 cm³/mol. The second kappa shape index (κ2) is 6.27. The molecule has 0 aliphatic heterocycles. The number of hydrogen-bond donors (Lipinski definition) is 3. The summed E-state index contributed by atoms with van der Waals surface area (Å²) < 4.78 is 0. The molecule has 1 aromatic rings. The number of nitroso groups, excluding NO2 is 1. The summed E-state index contributed by atoms with van der Waals surface area (Å²) in [6, 6.07) is 3.92. The fraction of sp³-hybridized carbons (Fsp3) is 0.571. The van der Waals surface area contributed by atoms with Gasteiger partial charge in [0.1, 0.15) is 0 Å². The van der Waals surface area contributed by atoms with Crippen LogP contribution in [0.25, 0.3) is 0 Å². The van der Waals surface area contributed by atoms with Gasteiger partial charge in [-0.15, -0.1) is 0 Å². The van der Waals surface area contributed by atoms with Gasteiger partial charge < -0.3 is 0 Å². The average Bonchev–Trinajstić information content (AvgIpc) is 2.25. The van der Waals surface area contributed by atoms with E-state index >= 15 is 0 Å². The molecule has 0 spiro atoms. The van der Waals surface area contributed by atoms with Gasteiger partial charge in [-0.3, -0.25) is 0 Å². The first-order valence-corrected chi connectivity index (χ1v) is 8.93. The van der Waals surface area contributed by atoms with Gasteiger partial charge in [0.25, 0.3) is 0 Å². The molecule has 114 valence electrons. The third-order valence-corrected chi connectivity index (χ3v) is 4.36. The number of rotatable bonds is 5. The summed E-state index contributed by atoms with van der Waals surface area (Å²) in [6.07, 6.45) is 1.56. The van der Waals surface area contributed by atoms with Crippen LogP contribution in [-0.4, -0.2) is 15.9 Å². The van der Waals surface area contributed by atoms with E-state index in [4.69, 9.17) is 5.50 Å². The van der Waals surface area contributed by atoms with Gasteiger partial charge in [-0.2, -0.15) is 0 Å². The van der Waals surface area contributed by atoms with Crippen molar-refractivity contribution in [2.45, 2.75) is 46.0 Å². The quantitative estimate of drug-likeness (QED) is 0.575. The zero-order valence-electron chi connectivity index (χ0n) is 12.6. The van der Waals surface area contributed by atoms with E-state index in [0.29, 0.717) is 18.5 Å².